The molecule has 0 spiro atoms. The minimum atomic E-state index is -0.859. The van der Waals surface area contributed by atoms with Crippen LogP contribution in [0.25, 0.3) is 0 Å². The quantitative estimate of drug-likeness (QED) is 0.216. The molecule has 0 aliphatic rings. The summed E-state index contributed by atoms with van der Waals surface area (Å²) in [7, 11) is 0. The lowest BCUT2D eigenvalue weighted by atomic mass is 10.2. The lowest BCUT2D eigenvalue weighted by Gasteiger charge is -2.01. The van der Waals surface area contributed by atoms with Gasteiger partial charge in [-0.05, 0) is 50.2 Å². The number of halogens is 1. The highest BCUT2D eigenvalue weighted by atomic mass is 127. The van der Waals surface area contributed by atoms with E-state index < -0.39 is 33.1 Å². The van der Waals surface area contributed by atoms with Gasteiger partial charge in [0.15, 0.2) is 0 Å². The van der Waals surface area contributed by atoms with E-state index in [1.807, 2.05) is 38.1 Å². The summed E-state index contributed by atoms with van der Waals surface area (Å²) in [4.78, 5) is 24.5. The summed E-state index contributed by atoms with van der Waals surface area (Å²) < 4.78 is 23.1. The van der Waals surface area contributed by atoms with Crippen LogP contribution >= 0.6 is 0 Å². The van der Waals surface area contributed by atoms with Gasteiger partial charge >= 0.3 is 40.7 Å². The summed E-state index contributed by atoms with van der Waals surface area (Å²) in [5, 5.41) is 0. The van der Waals surface area contributed by atoms with Crippen LogP contribution in [0.1, 0.15) is 32.2 Å². The average molecular weight is 529 g/mol. The predicted octanol–water partition coefficient (Wildman–Crippen LogP) is 2.06. The van der Waals surface area contributed by atoms with Crippen molar-refractivity contribution in [3.63, 3.8) is 0 Å². The van der Waals surface area contributed by atoms with E-state index in [0.717, 1.165) is 11.1 Å². The van der Waals surface area contributed by atoms with E-state index in [4.69, 9.17) is 18.3 Å². The normalized spacial score (nSPS) is 10.6. The minimum absolute atomic E-state index is 0.112. The second-order valence-corrected chi connectivity index (χ2v) is 9.37. The van der Waals surface area contributed by atoms with Crippen LogP contribution in [0.2, 0.25) is 0 Å². The first-order chi connectivity index (χ1) is 15.0. The molecule has 0 aliphatic carbocycles. The fourth-order valence-corrected chi connectivity index (χ4v) is 4.51. The van der Waals surface area contributed by atoms with Gasteiger partial charge < -0.3 is 18.3 Å². The standard InChI is InChI=1S/C24H18IO6/c1-15-3-7-17(8-4-15)28-23(26)19-11-13-21(30-19)25-22-14-12-20(31-22)24(27)29-18-9-5-16(2)6-10-18/h3-14H,1-2H3/q+1. The third kappa shape index (κ3) is 5.43. The van der Waals surface area contributed by atoms with Gasteiger partial charge in [0.05, 0.1) is 0 Å². The highest BCUT2D eigenvalue weighted by molar-refractivity contribution is 5.88. The number of furan rings is 2. The zero-order chi connectivity index (χ0) is 21.8. The van der Waals surface area contributed by atoms with E-state index in [2.05, 4.69) is 0 Å². The number of carbonyl (C=O) groups is 2. The summed E-state index contributed by atoms with van der Waals surface area (Å²) in [6.07, 6.45) is 0. The van der Waals surface area contributed by atoms with Gasteiger partial charge in [-0.2, -0.15) is 0 Å². The SMILES string of the molecule is Cc1ccc(OC(=O)c2ccc([I+]c3ccc(C(=O)Oc4ccc(C)cc4)o3)o2)cc1. The number of carbonyl (C=O) groups excluding carboxylic acids is 2. The van der Waals surface area contributed by atoms with E-state index >= 15 is 0 Å². The molecule has 0 N–H and O–H groups in total. The van der Waals surface area contributed by atoms with Crippen LogP contribution in [0.4, 0.5) is 0 Å². The van der Waals surface area contributed by atoms with Crippen molar-refractivity contribution in [3.8, 4) is 11.5 Å². The maximum absolute atomic E-state index is 12.3. The minimum Gasteiger partial charge on any atom is -0.421 e. The Labute approximate surface area is 189 Å². The molecule has 0 radical (unpaired) electrons. The van der Waals surface area contributed by atoms with Crippen molar-refractivity contribution in [1.29, 1.82) is 0 Å². The van der Waals surface area contributed by atoms with Gasteiger partial charge in [0, 0.05) is 12.1 Å². The molecule has 7 heteroatoms. The molecule has 4 rings (SSSR count). The molecular formula is C24H18IO6+. The first-order valence-corrected chi connectivity index (χ1v) is 11.5. The first kappa shape index (κ1) is 20.9. The zero-order valence-corrected chi connectivity index (χ0v) is 18.9. The summed E-state index contributed by atoms with van der Waals surface area (Å²) in [6.45, 7) is 3.91. The molecule has 0 bridgehead atoms. The Bertz CT molecular complexity index is 1110. The van der Waals surface area contributed by atoms with Crippen LogP contribution in [-0.2, 0) is 0 Å². The lowest BCUT2D eigenvalue weighted by molar-refractivity contribution is -0.636. The molecule has 0 saturated carbocycles. The highest BCUT2D eigenvalue weighted by Gasteiger charge is 2.28. The lowest BCUT2D eigenvalue weighted by Crippen LogP contribution is -3.61. The van der Waals surface area contributed by atoms with Gasteiger partial charge in [-0.3, -0.25) is 0 Å². The molecule has 0 fully saturated rings. The van der Waals surface area contributed by atoms with Gasteiger partial charge in [-0.1, -0.05) is 35.4 Å². The van der Waals surface area contributed by atoms with Crippen molar-refractivity contribution in [2.45, 2.75) is 13.8 Å². The summed E-state index contributed by atoms with van der Waals surface area (Å²) in [5.41, 5.74) is 2.15. The Morgan fingerprint density at radius 1 is 0.613 bits per heavy atom. The number of hydrogen-bond donors (Lipinski definition) is 0. The molecule has 0 unspecified atom stereocenters. The topological polar surface area (TPSA) is 78.9 Å². The largest absolute Gasteiger partial charge is 0.443 e. The zero-order valence-electron chi connectivity index (χ0n) is 16.8. The molecule has 156 valence electrons. The number of benzene rings is 2. The Morgan fingerprint density at radius 2 is 1.00 bits per heavy atom. The number of ether oxygens (including phenoxy) is 2. The Balaban J connectivity index is 1.37. The van der Waals surface area contributed by atoms with E-state index in [0.29, 0.717) is 19.0 Å². The summed E-state index contributed by atoms with van der Waals surface area (Å²) in [6, 6.07) is 20.9. The third-order valence-electron chi connectivity index (χ3n) is 4.20. The predicted molar refractivity (Wildman–Crippen MR) is 107 cm³/mol. The Morgan fingerprint density at radius 3 is 1.39 bits per heavy atom. The molecule has 0 aliphatic heterocycles. The molecule has 31 heavy (non-hydrogen) atoms. The number of aryl methyl sites for hydroxylation is 2. The summed E-state index contributed by atoms with van der Waals surface area (Å²) in [5.74, 6) is -0.0134. The molecule has 2 aromatic heterocycles. The van der Waals surface area contributed by atoms with Crippen molar-refractivity contribution in [3.05, 3.63) is 103 Å². The average Bonchev–Trinajstić information content (AvgIpc) is 3.42. The first-order valence-electron chi connectivity index (χ1n) is 9.38. The molecule has 2 aromatic carbocycles. The third-order valence-corrected chi connectivity index (χ3v) is 6.42. The Kier molecular flexibility index (Phi) is 6.22. The number of rotatable bonds is 6. The smallest absolute Gasteiger partial charge is 0.421 e. The second kappa shape index (κ2) is 9.22. The fraction of sp³-hybridized carbons (Fsp3) is 0.0833. The number of hydrogen-bond acceptors (Lipinski definition) is 6. The molecule has 6 nitrogen and oxygen atoms in total. The van der Waals surface area contributed by atoms with E-state index in [9.17, 15) is 9.59 Å². The number of esters is 2. The van der Waals surface area contributed by atoms with Crippen LogP contribution in [0, 0.1) is 21.4 Å². The summed E-state index contributed by atoms with van der Waals surface area (Å²) >= 11 is -0.859. The maximum atomic E-state index is 12.3. The van der Waals surface area contributed by atoms with E-state index in [-0.39, 0.29) is 11.5 Å². The molecule has 4 aromatic rings. The molecule has 0 atom stereocenters. The van der Waals surface area contributed by atoms with Crippen LogP contribution in [0.5, 0.6) is 11.5 Å². The monoisotopic (exact) mass is 529 g/mol. The van der Waals surface area contributed by atoms with Crippen molar-refractivity contribution < 1.29 is 49.1 Å². The second-order valence-electron chi connectivity index (χ2n) is 6.71. The fourth-order valence-electron chi connectivity index (χ4n) is 2.57. The van der Waals surface area contributed by atoms with Crippen LogP contribution in [0.3, 0.4) is 0 Å². The van der Waals surface area contributed by atoms with Crippen molar-refractivity contribution in [2.24, 2.45) is 0 Å². The molecule has 0 saturated heterocycles. The van der Waals surface area contributed by atoms with Crippen LogP contribution in [0.15, 0.2) is 81.6 Å². The highest BCUT2D eigenvalue weighted by Crippen LogP contribution is 2.15. The van der Waals surface area contributed by atoms with Crippen molar-refractivity contribution in [1.82, 2.24) is 0 Å². The van der Waals surface area contributed by atoms with Crippen LogP contribution in [-0.4, -0.2) is 11.9 Å². The van der Waals surface area contributed by atoms with Crippen molar-refractivity contribution in [2.75, 3.05) is 0 Å². The van der Waals surface area contributed by atoms with Gasteiger partial charge in [0.1, 0.15) is 11.5 Å². The van der Waals surface area contributed by atoms with E-state index in [1.54, 1.807) is 48.5 Å². The van der Waals surface area contributed by atoms with Gasteiger partial charge in [-0.25, -0.2) is 9.59 Å². The van der Waals surface area contributed by atoms with E-state index in [1.165, 1.54) is 0 Å². The van der Waals surface area contributed by atoms with Gasteiger partial charge in [0.25, 0.3) is 0 Å². The maximum Gasteiger partial charge on any atom is 0.443 e. The van der Waals surface area contributed by atoms with Gasteiger partial charge in [0.2, 0.25) is 11.5 Å². The van der Waals surface area contributed by atoms with Gasteiger partial charge in [-0.15, -0.1) is 0 Å². The molecule has 0 amide bonds. The van der Waals surface area contributed by atoms with Crippen molar-refractivity contribution >= 4 is 11.9 Å². The molecular weight excluding hydrogens is 511 g/mol. The molecule has 2 heterocycles. The van der Waals surface area contributed by atoms with Crippen LogP contribution < -0.4 is 30.7 Å². The Hall–Kier alpha value is -3.33.